The predicted octanol–water partition coefficient (Wildman–Crippen LogP) is 0.384. The molecule has 1 heterocycles. The van der Waals surface area contributed by atoms with E-state index < -0.39 is 0 Å². The van der Waals surface area contributed by atoms with E-state index in [0.29, 0.717) is 25.6 Å². The molecular weight excluding hydrogens is 228 g/mol. The van der Waals surface area contributed by atoms with Gasteiger partial charge in [-0.1, -0.05) is 0 Å². The largest absolute Gasteiger partial charge is 0.344 e. The first-order valence-corrected chi connectivity index (χ1v) is 6.54. The molecule has 1 rings (SSSR count). The van der Waals surface area contributed by atoms with Gasteiger partial charge in [0.25, 0.3) is 0 Å². The van der Waals surface area contributed by atoms with E-state index in [1.54, 1.807) is 11.9 Å². The number of carbonyl (C=O) groups excluding carboxylic acids is 1. The molecule has 0 bridgehead atoms. The fraction of sp³-hybridized carbons (Fsp3) is 0.846. The predicted molar refractivity (Wildman–Crippen MR) is 71.0 cm³/mol. The zero-order valence-corrected chi connectivity index (χ0v) is 11.7. The number of likely N-dealkylation sites (N-methyl/N-ethyl adjacent to an activating group) is 2. The molecule has 0 aromatic carbocycles. The fourth-order valence-corrected chi connectivity index (χ4v) is 2.24. The number of carbonyl (C=O) groups is 1. The Balaban J connectivity index is 2.33. The Morgan fingerprint density at radius 1 is 1.39 bits per heavy atom. The second-order valence-electron chi connectivity index (χ2n) is 5.17. The van der Waals surface area contributed by atoms with Gasteiger partial charge in [-0.05, 0) is 40.0 Å². The lowest BCUT2D eigenvalue weighted by Gasteiger charge is -2.35. The van der Waals surface area contributed by atoms with Gasteiger partial charge in [0.15, 0.2) is 0 Å². The zero-order valence-electron chi connectivity index (χ0n) is 11.7. The standard InChI is InChI=1S/C13H24N4O/c1-15-9-5-12(6-10-15)17(3)11-13(18)16(2)8-4-7-14/h12H,4-6,8-11H2,1-3H3. The maximum absolute atomic E-state index is 11.9. The molecule has 0 saturated carbocycles. The van der Waals surface area contributed by atoms with Gasteiger partial charge >= 0.3 is 0 Å². The summed E-state index contributed by atoms with van der Waals surface area (Å²) in [5.74, 6) is 0.103. The van der Waals surface area contributed by atoms with Crippen LogP contribution in [0, 0.1) is 11.3 Å². The molecule has 1 amide bonds. The highest BCUT2D eigenvalue weighted by molar-refractivity contribution is 5.78. The third-order valence-electron chi connectivity index (χ3n) is 3.68. The van der Waals surface area contributed by atoms with Gasteiger partial charge in [0.2, 0.25) is 5.91 Å². The Morgan fingerprint density at radius 2 is 2.00 bits per heavy atom. The lowest BCUT2D eigenvalue weighted by Crippen LogP contribution is -2.46. The first-order chi connectivity index (χ1) is 8.54. The van der Waals surface area contributed by atoms with Gasteiger partial charge in [-0.3, -0.25) is 9.69 Å². The second-order valence-corrected chi connectivity index (χ2v) is 5.17. The normalized spacial score (nSPS) is 17.7. The van der Waals surface area contributed by atoms with Crippen molar-refractivity contribution in [2.75, 3.05) is 47.3 Å². The van der Waals surface area contributed by atoms with Crippen molar-refractivity contribution in [3.05, 3.63) is 0 Å². The van der Waals surface area contributed by atoms with Gasteiger partial charge in [-0.2, -0.15) is 5.26 Å². The molecule has 0 spiro atoms. The molecule has 0 aliphatic carbocycles. The summed E-state index contributed by atoms with van der Waals surface area (Å²) in [5, 5.41) is 8.50. The quantitative estimate of drug-likeness (QED) is 0.710. The van der Waals surface area contributed by atoms with Gasteiger partial charge in [0.05, 0.1) is 19.0 Å². The Kier molecular flexibility index (Phi) is 6.10. The van der Waals surface area contributed by atoms with Crippen LogP contribution in [-0.2, 0) is 4.79 Å². The molecule has 102 valence electrons. The van der Waals surface area contributed by atoms with Crippen molar-refractivity contribution in [2.45, 2.75) is 25.3 Å². The van der Waals surface area contributed by atoms with E-state index in [-0.39, 0.29) is 5.91 Å². The molecule has 5 heteroatoms. The van der Waals surface area contributed by atoms with Crippen LogP contribution in [0.3, 0.4) is 0 Å². The van der Waals surface area contributed by atoms with Crippen molar-refractivity contribution in [3.8, 4) is 6.07 Å². The molecule has 18 heavy (non-hydrogen) atoms. The van der Waals surface area contributed by atoms with Gasteiger partial charge in [0, 0.05) is 19.6 Å². The highest BCUT2D eigenvalue weighted by Gasteiger charge is 2.22. The number of hydrogen-bond acceptors (Lipinski definition) is 4. The Morgan fingerprint density at radius 3 is 2.56 bits per heavy atom. The number of likely N-dealkylation sites (tertiary alicyclic amines) is 1. The number of rotatable bonds is 5. The first-order valence-electron chi connectivity index (χ1n) is 6.54. The highest BCUT2D eigenvalue weighted by Crippen LogP contribution is 2.13. The van der Waals surface area contributed by atoms with Gasteiger partial charge in [-0.25, -0.2) is 0 Å². The Labute approximate surface area is 110 Å². The van der Waals surface area contributed by atoms with Crippen molar-refractivity contribution >= 4 is 5.91 Å². The van der Waals surface area contributed by atoms with Crippen molar-refractivity contribution in [1.82, 2.24) is 14.7 Å². The highest BCUT2D eigenvalue weighted by atomic mass is 16.2. The smallest absolute Gasteiger partial charge is 0.236 e. The maximum Gasteiger partial charge on any atom is 0.236 e. The number of nitrogens with zero attached hydrogens (tertiary/aromatic N) is 4. The molecule has 1 saturated heterocycles. The molecule has 0 aromatic rings. The summed E-state index contributed by atoms with van der Waals surface area (Å²) in [5.41, 5.74) is 0. The molecule has 5 nitrogen and oxygen atoms in total. The topological polar surface area (TPSA) is 50.6 Å². The molecule has 1 aliphatic heterocycles. The summed E-state index contributed by atoms with van der Waals surface area (Å²) >= 11 is 0. The van der Waals surface area contributed by atoms with Crippen LogP contribution in [0.4, 0.5) is 0 Å². The summed E-state index contributed by atoms with van der Waals surface area (Å²) in [7, 11) is 5.92. The Bertz CT molecular complexity index is 305. The van der Waals surface area contributed by atoms with E-state index in [0.717, 1.165) is 25.9 Å². The molecule has 1 fully saturated rings. The summed E-state index contributed by atoms with van der Waals surface area (Å²) in [6, 6.07) is 2.57. The molecule has 0 unspecified atom stereocenters. The van der Waals surface area contributed by atoms with Crippen LogP contribution < -0.4 is 0 Å². The lowest BCUT2D eigenvalue weighted by atomic mass is 10.0. The fourth-order valence-electron chi connectivity index (χ4n) is 2.24. The summed E-state index contributed by atoms with van der Waals surface area (Å²) in [6.45, 7) is 3.19. The minimum Gasteiger partial charge on any atom is -0.344 e. The van der Waals surface area contributed by atoms with E-state index in [1.807, 2.05) is 7.05 Å². The summed E-state index contributed by atoms with van der Waals surface area (Å²) < 4.78 is 0. The van der Waals surface area contributed by atoms with Crippen molar-refractivity contribution < 1.29 is 4.79 Å². The lowest BCUT2D eigenvalue weighted by molar-refractivity contribution is -0.131. The third-order valence-corrected chi connectivity index (χ3v) is 3.68. The van der Waals surface area contributed by atoms with E-state index >= 15 is 0 Å². The van der Waals surface area contributed by atoms with Crippen LogP contribution in [0.15, 0.2) is 0 Å². The first kappa shape index (κ1) is 14.9. The molecule has 1 aliphatic rings. The van der Waals surface area contributed by atoms with Crippen molar-refractivity contribution in [2.24, 2.45) is 0 Å². The summed E-state index contributed by atoms with van der Waals surface area (Å²) in [4.78, 5) is 18.1. The Hall–Kier alpha value is -1.12. The summed E-state index contributed by atoms with van der Waals surface area (Å²) in [6.07, 6.45) is 2.66. The van der Waals surface area contributed by atoms with E-state index in [1.165, 1.54) is 0 Å². The molecule has 0 N–H and O–H groups in total. The van der Waals surface area contributed by atoms with Gasteiger partial charge in [0.1, 0.15) is 0 Å². The minimum atomic E-state index is 0.103. The number of amides is 1. The molecule has 0 radical (unpaired) electrons. The van der Waals surface area contributed by atoms with Crippen LogP contribution in [0.5, 0.6) is 0 Å². The second kappa shape index (κ2) is 7.34. The van der Waals surface area contributed by atoms with E-state index in [9.17, 15) is 4.79 Å². The molecular formula is C13H24N4O. The van der Waals surface area contributed by atoms with E-state index in [4.69, 9.17) is 5.26 Å². The average molecular weight is 252 g/mol. The van der Waals surface area contributed by atoms with Gasteiger partial charge in [-0.15, -0.1) is 0 Å². The average Bonchev–Trinajstić information content (AvgIpc) is 2.36. The SMILES string of the molecule is CN1CCC(N(C)CC(=O)N(C)CCC#N)CC1. The van der Waals surface area contributed by atoms with Crippen LogP contribution in [0.1, 0.15) is 19.3 Å². The van der Waals surface area contributed by atoms with E-state index in [2.05, 4.69) is 22.9 Å². The van der Waals surface area contributed by atoms with Crippen LogP contribution in [-0.4, -0.2) is 74.0 Å². The zero-order chi connectivity index (χ0) is 13.5. The maximum atomic E-state index is 11.9. The van der Waals surface area contributed by atoms with Crippen molar-refractivity contribution in [1.29, 1.82) is 5.26 Å². The van der Waals surface area contributed by atoms with Crippen LogP contribution >= 0.6 is 0 Å². The monoisotopic (exact) mass is 252 g/mol. The van der Waals surface area contributed by atoms with Crippen molar-refractivity contribution in [3.63, 3.8) is 0 Å². The molecule has 0 atom stereocenters. The number of piperidine rings is 1. The molecule has 0 aromatic heterocycles. The number of hydrogen-bond donors (Lipinski definition) is 0. The number of nitriles is 1. The minimum absolute atomic E-state index is 0.103. The van der Waals surface area contributed by atoms with Crippen LogP contribution in [0.2, 0.25) is 0 Å². The van der Waals surface area contributed by atoms with Gasteiger partial charge < -0.3 is 9.80 Å². The van der Waals surface area contributed by atoms with Crippen LogP contribution in [0.25, 0.3) is 0 Å². The third kappa shape index (κ3) is 4.63.